The van der Waals surface area contributed by atoms with Gasteiger partial charge in [-0.1, -0.05) is 39.0 Å². The van der Waals surface area contributed by atoms with Gasteiger partial charge in [0.25, 0.3) is 5.91 Å². The standard InChI is InChI=1S/C18H26N2O5/c1-4-13-7-5-6-8-15(13)25-11-17(22)19-10-16(21)20-14(18(23)24)9-12(2)3/h5-8,12,14H,4,9-11H2,1-3H3,(H,19,22)(H,20,21)(H,23,24)/t14-/m0/s1. The largest absolute Gasteiger partial charge is 0.483 e. The number of carboxylic acid groups (broad SMARTS) is 1. The number of rotatable bonds is 10. The van der Waals surface area contributed by atoms with E-state index in [0.29, 0.717) is 12.2 Å². The highest BCUT2D eigenvalue weighted by molar-refractivity contribution is 5.88. The Morgan fingerprint density at radius 1 is 1.16 bits per heavy atom. The first-order valence-corrected chi connectivity index (χ1v) is 8.33. The maximum atomic E-state index is 11.8. The summed E-state index contributed by atoms with van der Waals surface area (Å²) in [5, 5.41) is 13.9. The molecule has 2 amide bonds. The van der Waals surface area contributed by atoms with E-state index in [-0.39, 0.29) is 19.1 Å². The number of aliphatic carboxylic acids is 1. The highest BCUT2D eigenvalue weighted by Crippen LogP contribution is 2.17. The third-order valence-corrected chi connectivity index (χ3v) is 3.50. The van der Waals surface area contributed by atoms with Crippen molar-refractivity contribution in [3.05, 3.63) is 29.8 Å². The molecule has 0 saturated heterocycles. The lowest BCUT2D eigenvalue weighted by atomic mass is 10.0. The van der Waals surface area contributed by atoms with Crippen molar-refractivity contribution in [1.29, 1.82) is 0 Å². The fourth-order valence-corrected chi connectivity index (χ4v) is 2.25. The molecular weight excluding hydrogens is 324 g/mol. The molecule has 1 aromatic rings. The van der Waals surface area contributed by atoms with E-state index < -0.39 is 23.8 Å². The number of hydrogen-bond acceptors (Lipinski definition) is 4. The molecule has 7 heteroatoms. The van der Waals surface area contributed by atoms with Crippen molar-refractivity contribution in [1.82, 2.24) is 10.6 Å². The molecule has 0 fully saturated rings. The second-order valence-electron chi connectivity index (χ2n) is 6.11. The van der Waals surface area contributed by atoms with Crippen LogP contribution >= 0.6 is 0 Å². The van der Waals surface area contributed by atoms with Crippen molar-refractivity contribution in [3.8, 4) is 5.75 Å². The Kier molecular flexibility index (Phi) is 8.46. The molecule has 0 unspecified atom stereocenters. The Hall–Kier alpha value is -2.57. The second-order valence-corrected chi connectivity index (χ2v) is 6.11. The van der Waals surface area contributed by atoms with Crippen LogP contribution in [0, 0.1) is 5.92 Å². The molecule has 0 radical (unpaired) electrons. The Morgan fingerprint density at radius 2 is 1.84 bits per heavy atom. The number of hydrogen-bond donors (Lipinski definition) is 3. The fourth-order valence-electron chi connectivity index (χ4n) is 2.25. The Balaban J connectivity index is 2.40. The molecule has 0 spiro atoms. The van der Waals surface area contributed by atoms with Crippen LogP contribution in [0.15, 0.2) is 24.3 Å². The first-order chi connectivity index (χ1) is 11.8. The zero-order chi connectivity index (χ0) is 18.8. The smallest absolute Gasteiger partial charge is 0.326 e. The van der Waals surface area contributed by atoms with E-state index in [1.807, 2.05) is 39.0 Å². The molecule has 25 heavy (non-hydrogen) atoms. The molecule has 0 saturated carbocycles. The molecule has 1 rings (SSSR count). The molecule has 0 aliphatic heterocycles. The highest BCUT2D eigenvalue weighted by Gasteiger charge is 2.21. The van der Waals surface area contributed by atoms with Gasteiger partial charge in [-0.2, -0.15) is 0 Å². The monoisotopic (exact) mass is 350 g/mol. The number of ether oxygens (including phenoxy) is 1. The van der Waals surface area contributed by atoms with E-state index in [2.05, 4.69) is 10.6 Å². The Bertz CT molecular complexity index is 601. The third kappa shape index (κ3) is 7.69. The van der Waals surface area contributed by atoms with Crippen LogP contribution in [0.1, 0.15) is 32.8 Å². The van der Waals surface area contributed by atoms with Gasteiger partial charge in [0.2, 0.25) is 5.91 Å². The zero-order valence-corrected chi connectivity index (χ0v) is 14.9. The fraction of sp³-hybridized carbons (Fsp3) is 0.500. The first-order valence-electron chi connectivity index (χ1n) is 8.33. The van der Waals surface area contributed by atoms with Crippen molar-refractivity contribution in [2.75, 3.05) is 13.2 Å². The minimum Gasteiger partial charge on any atom is -0.483 e. The summed E-state index contributed by atoms with van der Waals surface area (Å²) < 4.78 is 5.46. The average Bonchev–Trinajstić information content (AvgIpc) is 2.57. The van der Waals surface area contributed by atoms with Crippen LogP contribution in [0.25, 0.3) is 0 Å². The Labute approximate surface area is 147 Å². The van der Waals surface area contributed by atoms with Crippen LogP contribution in [0.2, 0.25) is 0 Å². The summed E-state index contributed by atoms with van der Waals surface area (Å²) in [6.45, 7) is 5.23. The van der Waals surface area contributed by atoms with Crippen LogP contribution < -0.4 is 15.4 Å². The minimum absolute atomic E-state index is 0.128. The van der Waals surface area contributed by atoms with Crippen LogP contribution in [-0.4, -0.2) is 42.1 Å². The van der Waals surface area contributed by atoms with Gasteiger partial charge >= 0.3 is 5.97 Å². The lowest BCUT2D eigenvalue weighted by molar-refractivity contribution is -0.142. The van der Waals surface area contributed by atoms with Crippen LogP contribution in [0.4, 0.5) is 0 Å². The van der Waals surface area contributed by atoms with E-state index in [0.717, 1.165) is 12.0 Å². The van der Waals surface area contributed by atoms with E-state index in [1.54, 1.807) is 6.07 Å². The van der Waals surface area contributed by atoms with E-state index in [1.165, 1.54) is 0 Å². The quantitative estimate of drug-likeness (QED) is 0.591. The maximum absolute atomic E-state index is 11.8. The number of benzene rings is 1. The molecule has 3 N–H and O–H groups in total. The van der Waals surface area contributed by atoms with Crippen molar-refractivity contribution in [3.63, 3.8) is 0 Å². The van der Waals surface area contributed by atoms with Gasteiger partial charge in [0.05, 0.1) is 6.54 Å². The van der Waals surface area contributed by atoms with Gasteiger partial charge in [0.15, 0.2) is 6.61 Å². The molecule has 0 aromatic heterocycles. The van der Waals surface area contributed by atoms with E-state index in [9.17, 15) is 14.4 Å². The summed E-state index contributed by atoms with van der Waals surface area (Å²) in [5.74, 6) is -1.32. The molecule has 1 atom stereocenters. The SMILES string of the molecule is CCc1ccccc1OCC(=O)NCC(=O)N[C@@H](CC(C)C)C(=O)O. The Morgan fingerprint density at radius 3 is 2.44 bits per heavy atom. The van der Waals surface area contributed by atoms with Crippen molar-refractivity contribution >= 4 is 17.8 Å². The van der Waals surface area contributed by atoms with Crippen LogP contribution in [0.5, 0.6) is 5.75 Å². The molecule has 0 aliphatic carbocycles. The van der Waals surface area contributed by atoms with Crippen molar-refractivity contribution in [2.45, 2.75) is 39.7 Å². The number of carbonyl (C=O) groups is 3. The minimum atomic E-state index is -1.09. The number of aryl methyl sites for hydroxylation is 1. The molecule has 138 valence electrons. The van der Waals surface area contributed by atoms with Gasteiger partial charge < -0.3 is 20.5 Å². The van der Waals surface area contributed by atoms with Crippen LogP contribution in [0.3, 0.4) is 0 Å². The molecule has 0 heterocycles. The average molecular weight is 350 g/mol. The summed E-state index contributed by atoms with van der Waals surface area (Å²) in [4.78, 5) is 34.7. The summed E-state index contributed by atoms with van der Waals surface area (Å²) in [7, 11) is 0. The maximum Gasteiger partial charge on any atom is 0.326 e. The van der Waals surface area contributed by atoms with Crippen molar-refractivity contribution in [2.24, 2.45) is 5.92 Å². The van der Waals surface area contributed by atoms with Gasteiger partial charge in [0, 0.05) is 0 Å². The van der Waals surface area contributed by atoms with Gasteiger partial charge in [0.1, 0.15) is 11.8 Å². The van der Waals surface area contributed by atoms with Gasteiger partial charge in [-0.3, -0.25) is 9.59 Å². The summed E-state index contributed by atoms with van der Waals surface area (Å²) in [5.41, 5.74) is 0.992. The highest BCUT2D eigenvalue weighted by atomic mass is 16.5. The number of carboxylic acids is 1. The van der Waals surface area contributed by atoms with E-state index in [4.69, 9.17) is 9.84 Å². The topological polar surface area (TPSA) is 105 Å². The van der Waals surface area contributed by atoms with Gasteiger partial charge in [-0.25, -0.2) is 4.79 Å². The molecule has 7 nitrogen and oxygen atoms in total. The lowest BCUT2D eigenvalue weighted by Crippen LogP contribution is -2.46. The first kappa shape index (κ1) is 20.5. The number of para-hydroxylation sites is 1. The van der Waals surface area contributed by atoms with Gasteiger partial charge in [-0.15, -0.1) is 0 Å². The molecule has 0 aliphatic rings. The normalized spacial score (nSPS) is 11.7. The zero-order valence-electron chi connectivity index (χ0n) is 14.9. The summed E-state index contributed by atoms with van der Waals surface area (Å²) >= 11 is 0. The molecule has 1 aromatic carbocycles. The second kappa shape index (κ2) is 10.3. The van der Waals surface area contributed by atoms with E-state index >= 15 is 0 Å². The lowest BCUT2D eigenvalue weighted by Gasteiger charge is -2.16. The molecule has 0 bridgehead atoms. The van der Waals surface area contributed by atoms with Crippen molar-refractivity contribution < 1.29 is 24.2 Å². The number of carbonyl (C=O) groups excluding carboxylic acids is 2. The predicted molar refractivity (Wildman–Crippen MR) is 93.3 cm³/mol. The predicted octanol–water partition coefficient (Wildman–Crippen LogP) is 1.36. The number of nitrogens with one attached hydrogen (secondary N) is 2. The van der Waals surface area contributed by atoms with Crippen LogP contribution in [-0.2, 0) is 20.8 Å². The summed E-state index contributed by atoms with van der Waals surface area (Å²) in [6, 6.07) is 6.45. The molecular formula is C18H26N2O5. The summed E-state index contributed by atoms with van der Waals surface area (Å²) in [6.07, 6.45) is 1.11. The number of amides is 2. The third-order valence-electron chi connectivity index (χ3n) is 3.50. The van der Waals surface area contributed by atoms with Gasteiger partial charge in [-0.05, 0) is 30.4 Å².